The Bertz CT molecular complexity index is 1550. The lowest BCUT2D eigenvalue weighted by atomic mass is 10.0. The molecule has 0 saturated heterocycles. The minimum absolute atomic E-state index is 0.167. The van der Waals surface area contributed by atoms with Crippen LogP contribution in [0.2, 0.25) is 5.28 Å². The van der Waals surface area contributed by atoms with Crippen LogP contribution in [0.4, 0.5) is 0 Å². The van der Waals surface area contributed by atoms with E-state index in [0.29, 0.717) is 11.6 Å². The summed E-state index contributed by atoms with van der Waals surface area (Å²) < 4.78 is 2.52. The van der Waals surface area contributed by atoms with Crippen LogP contribution in [-0.4, -0.2) is 15.0 Å². The van der Waals surface area contributed by atoms with Gasteiger partial charge in [-0.05, 0) is 35.7 Å². The third kappa shape index (κ3) is 4.23. The molecule has 5 rings (SSSR count). The smallest absolute Gasteiger partial charge is 0.208 e. The summed E-state index contributed by atoms with van der Waals surface area (Å²) in [4.78, 5) is 13.3. The summed E-state index contributed by atoms with van der Waals surface area (Å²) in [6, 6.07) is 24.6. The molecule has 3 nitrogen and oxygen atoms in total. The highest BCUT2D eigenvalue weighted by Gasteiger charge is 2.11. The largest absolute Gasteiger partial charge is 0.226 e. The van der Waals surface area contributed by atoms with Crippen LogP contribution < -0.4 is 0 Å². The van der Waals surface area contributed by atoms with Gasteiger partial charge in [-0.2, -0.15) is 9.97 Å². The molecule has 0 N–H and O–H groups in total. The van der Waals surface area contributed by atoms with Crippen molar-refractivity contribution in [3.8, 4) is 11.4 Å². The normalized spacial score (nSPS) is 12.1. The topological polar surface area (TPSA) is 38.7 Å². The Morgan fingerprint density at radius 2 is 1.61 bits per heavy atom. The first-order chi connectivity index (χ1) is 16.1. The van der Waals surface area contributed by atoms with Crippen molar-refractivity contribution < 1.29 is 0 Å². The lowest BCUT2D eigenvalue weighted by molar-refractivity contribution is 1.03. The van der Waals surface area contributed by atoms with Gasteiger partial charge in [-0.15, -0.1) is 11.3 Å². The Morgan fingerprint density at radius 3 is 2.42 bits per heavy atom. The SMILES string of the molecule is C=C(/C=C\C(=C/C)c1nc(Cl)nc(-c2ccccc2)n1)c1cccc2c1sc1ccccc12. The molecule has 33 heavy (non-hydrogen) atoms. The van der Waals surface area contributed by atoms with Gasteiger partial charge >= 0.3 is 0 Å². The number of halogens is 1. The van der Waals surface area contributed by atoms with Crippen LogP contribution in [0.1, 0.15) is 18.3 Å². The molecule has 160 valence electrons. The maximum atomic E-state index is 6.23. The summed E-state index contributed by atoms with van der Waals surface area (Å²) in [6.07, 6.45) is 5.95. The van der Waals surface area contributed by atoms with Crippen molar-refractivity contribution >= 4 is 54.3 Å². The van der Waals surface area contributed by atoms with Crippen molar-refractivity contribution in [3.63, 3.8) is 0 Å². The number of benzene rings is 3. The number of hydrogen-bond acceptors (Lipinski definition) is 4. The van der Waals surface area contributed by atoms with Crippen molar-refractivity contribution in [2.24, 2.45) is 0 Å². The molecule has 0 atom stereocenters. The van der Waals surface area contributed by atoms with E-state index < -0.39 is 0 Å². The van der Waals surface area contributed by atoms with Gasteiger partial charge in [-0.25, -0.2) is 4.98 Å². The molecule has 0 unspecified atom stereocenters. The minimum atomic E-state index is 0.167. The van der Waals surface area contributed by atoms with Crippen LogP contribution in [-0.2, 0) is 0 Å². The average molecular weight is 466 g/mol. The average Bonchev–Trinajstić information content (AvgIpc) is 3.23. The quantitative estimate of drug-likeness (QED) is 0.245. The predicted molar refractivity (Wildman–Crippen MR) is 141 cm³/mol. The van der Waals surface area contributed by atoms with Crippen LogP contribution in [0.15, 0.2) is 97.6 Å². The molecular weight excluding hydrogens is 446 g/mol. The van der Waals surface area contributed by atoms with Gasteiger partial charge in [-0.3, -0.25) is 0 Å². The minimum Gasteiger partial charge on any atom is -0.208 e. The van der Waals surface area contributed by atoms with Crippen molar-refractivity contribution in [1.29, 1.82) is 0 Å². The number of fused-ring (bicyclic) bond motifs is 3. The van der Waals surface area contributed by atoms with Gasteiger partial charge in [0.15, 0.2) is 11.6 Å². The van der Waals surface area contributed by atoms with Crippen molar-refractivity contribution in [2.45, 2.75) is 6.92 Å². The Balaban J connectivity index is 1.49. The maximum Gasteiger partial charge on any atom is 0.226 e. The van der Waals surface area contributed by atoms with E-state index in [4.69, 9.17) is 11.6 Å². The van der Waals surface area contributed by atoms with Crippen molar-refractivity contribution in [2.75, 3.05) is 0 Å². The fourth-order valence-corrected chi connectivity index (χ4v) is 5.19. The molecule has 0 aliphatic rings. The molecule has 0 aliphatic carbocycles. The first kappa shape index (κ1) is 21.3. The maximum absolute atomic E-state index is 6.23. The summed E-state index contributed by atoms with van der Waals surface area (Å²) >= 11 is 8.03. The first-order valence-corrected chi connectivity index (χ1v) is 11.7. The summed E-state index contributed by atoms with van der Waals surface area (Å²) in [5.74, 6) is 1.08. The first-order valence-electron chi connectivity index (χ1n) is 10.6. The molecule has 0 bridgehead atoms. The summed E-state index contributed by atoms with van der Waals surface area (Å²) in [6.45, 7) is 6.29. The Labute approximate surface area is 201 Å². The van der Waals surface area contributed by atoms with E-state index in [0.717, 1.165) is 22.3 Å². The van der Waals surface area contributed by atoms with Gasteiger partial charge in [0.1, 0.15) is 0 Å². The van der Waals surface area contributed by atoms with Crippen LogP contribution in [0.3, 0.4) is 0 Å². The molecule has 0 amide bonds. The Hall–Kier alpha value is -3.60. The highest BCUT2D eigenvalue weighted by Crippen LogP contribution is 2.38. The number of hydrogen-bond donors (Lipinski definition) is 0. The second-order valence-corrected chi connectivity index (χ2v) is 8.89. The zero-order chi connectivity index (χ0) is 22.8. The molecule has 2 aromatic heterocycles. The van der Waals surface area contributed by atoms with Crippen molar-refractivity contribution in [3.05, 3.63) is 114 Å². The number of rotatable bonds is 5. The lowest BCUT2D eigenvalue weighted by Gasteiger charge is -2.06. The van der Waals surface area contributed by atoms with Gasteiger partial charge < -0.3 is 0 Å². The Morgan fingerprint density at radius 1 is 0.848 bits per heavy atom. The lowest BCUT2D eigenvalue weighted by Crippen LogP contribution is -1.99. The van der Waals surface area contributed by atoms with E-state index in [1.165, 1.54) is 20.2 Å². The standard InChI is InChI=1S/C28H20ClN3S/c1-3-19(26-30-27(32-28(29)31-26)20-10-5-4-6-11-20)17-16-18(2)21-13-9-14-23-22-12-7-8-15-24(22)33-25(21)23/h3-17H,2H2,1H3/b17-16-,19-3+. The molecule has 5 heteroatoms. The van der Waals surface area contributed by atoms with Crippen LogP contribution >= 0.6 is 22.9 Å². The molecule has 0 saturated carbocycles. The summed E-state index contributed by atoms with van der Waals surface area (Å²) in [5, 5.41) is 2.70. The van der Waals surface area contributed by atoms with Crippen LogP contribution in [0.25, 0.3) is 42.7 Å². The van der Waals surface area contributed by atoms with Gasteiger partial charge in [0.2, 0.25) is 5.28 Å². The third-order valence-electron chi connectivity index (χ3n) is 5.42. The fourth-order valence-electron chi connectivity index (χ4n) is 3.78. The zero-order valence-corrected chi connectivity index (χ0v) is 19.6. The molecule has 0 radical (unpaired) electrons. The van der Waals surface area contributed by atoms with Crippen molar-refractivity contribution in [1.82, 2.24) is 15.0 Å². The molecule has 5 aromatic rings. The molecule has 0 aliphatic heterocycles. The second kappa shape index (κ2) is 9.10. The van der Waals surface area contributed by atoms with Crippen LogP contribution in [0, 0.1) is 0 Å². The molecule has 2 heterocycles. The van der Waals surface area contributed by atoms with E-state index >= 15 is 0 Å². The molecule has 0 fully saturated rings. The van der Waals surface area contributed by atoms with Gasteiger partial charge in [0.25, 0.3) is 0 Å². The van der Waals surface area contributed by atoms with E-state index in [1.807, 2.05) is 55.5 Å². The number of allylic oxidation sites excluding steroid dienone is 5. The van der Waals surface area contributed by atoms with E-state index in [9.17, 15) is 0 Å². The monoisotopic (exact) mass is 465 g/mol. The highest BCUT2D eigenvalue weighted by atomic mass is 35.5. The second-order valence-electron chi connectivity index (χ2n) is 7.50. The fraction of sp³-hybridized carbons (Fsp3) is 0.0357. The van der Waals surface area contributed by atoms with E-state index in [2.05, 4.69) is 64.0 Å². The van der Waals surface area contributed by atoms with Gasteiger partial charge in [0.05, 0.1) is 0 Å². The highest BCUT2D eigenvalue weighted by molar-refractivity contribution is 7.26. The number of aromatic nitrogens is 3. The molecule has 3 aromatic carbocycles. The van der Waals surface area contributed by atoms with Gasteiger partial charge in [-0.1, -0.05) is 91.5 Å². The number of nitrogens with zero attached hydrogens (tertiary/aromatic N) is 3. The van der Waals surface area contributed by atoms with Gasteiger partial charge in [0, 0.05) is 31.3 Å². The zero-order valence-electron chi connectivity index (χ0n) is 18.0. The van der Waals surface area contributed by atoms with E-state index in [-0.39, 0.29) is 5.28 Å². The number of thiophene rings is 1. The predicted octanol–water partition coefficient (Wildman–Crippen LogP) is 8.23. The Kier molecular flexibility index (Phi) is 5.86. The summed E-state index contributed by atoms with van der Waals surface area (Å²) in [5.41, 5.74) is 3.79. The molecular formula is C28H20ClN3S. The molecule has 0 spiro atoms. The van der Waals surface area contributed by atoms with Crippen LogP contribution in [0.5, 0.6) is 0 Å². The summed E-state index contributed by atoms with van der Waals surface area (Å²) in [7, 11) is 0. The van der Waals surface area contributed by atoms with E-state index in [1.54, 1.807) is 11.3 Å². The third-order valence-corrected chi connectivity index (χ3v) is 6.81.